The predicted octanol–water partition coefficient (Wildman–Crippen LogP) is 3.56. The molecular formula is C27H30FN7O2. The molecular weight excluding hydrogens is 473 g/mol. The third-order valence-corrected chi connectivity index (χ3v) is 6.90. The van der Waals surface area contributed by atoms with Gasteiger partial charge in [-0.2, -0.15) is 4.52 Å². The number of hydrogen-bond donors (Lipinski definition) is 1. The van der Waals surface area contributed by atoms with Crippen LogP contribution in [0.3, 0.4) is 0 Å². The molecule has 1 N–H and O–H groups in total. The maximum absolute atomic E-state index is 13.3. The van der Waals surface area contributed by atoms with E-state index in [2.05, 4.69) is 21.2 Å². The summed E-state index contributed by atoms with van der Waals surface area (Å²) in [5.74, 6) is 1.61. The molecule has 0 amide bonds. The van der Waals surface area contributed by atoms with E-state index in [1.807, 2.05) is 30.5 Å². The van der Waals surface area contributed by atoms with Crippen molar-refractivity contribution in [1.29, 1.82) is 0 Å². The van der Waals surface area contributed by atoms with Gasteiger partial charge in [-0.1, -0.05) is 18.2 Å². The molecule has 6 rings (SSSR count). The minimum atomic E-state index is -0.209. The number of nitrogens with zero attached hydrogens (tertiary/aromatic N) is 6. The topological polar surface area (TPSA) is 84.0 Å². The van der Waals surface area contributed by atoms with Crippen molar-refractivity contribution in [3.63, 3.8) is 0 Å². The van der Waals surface area contributed by atoms with Crippen LogP contribution in [0.1, 0.15) is 17.5 Å². The summed E-state index contributed by atoms with van der Waals surface area (Å²) in [5, 5.41) is 8.16. The second-order valence-electron chi connectivity index (χ2n) is 9.36. The Kier molecular flexibility index (Phi) is 6.94. The molecule has 1 fully saturated rings. The van der Waals surface area contributed by atoms with Gasteiger partial charge in [0.2, 0.25) is 11.8 Å². The molecule has 0 unspecified atom stereocenters. The lowest BCUT2D eigenvalue weighted by Crippen LogP contribution is -2.39. The van der Waals surface area contributed by atoms with Crippen LogP contribution < -0.4 is 5.32 Å². The van der Waals surface area contributed by atoms with Crippen LogP contribution in [0.25, 0.3) is 22.8 Å². The maximum Gasteiger partial charge on any atom is 0.225 e. The first-order valence-electron chi connectivity index (χ1n) is 12.7. The second-order valence-corrected chi connectivity index (χ2v) is 9.36. The predicted molar refractivity (Wildman–Crippen MR) is 139 cm³/mol. The summed E-state index contributed by atoms with van der Waals surface area (Å²) in [5.41, 5.74) is 4.10. The van der Waals surface area contributed by atoms with E-state index >= 15 is 0 Å². The number of nitrogens with one attached hydrogen (secondary N) is 1. The van der Waals surface area contributed by atoms with Crippen LogP contribution in [0.15, 0.2) is 59.4 Å². The van der Waals surface area contributed by atoms with E-state index in [1.54, 1.807) is 10.8 Å². The number of fused-ring (bicyclic) bond motifs is 1. The summed E-state index contributed by atoms with van der Waals surface area (Å²) in [4.78, 5) is 14.3. The second kappa shape index (κ2) is 10.8. The zero-order valence-electron chi connectivity index (χ0n) is 20.6. The Morgan fingerprint density at radius 3 is 2.65 bits per heavy atom. The minimum absolute atomic E-state index is 0.209. The molecule has 0 atom stereocenters. The first-order valence-corrected chi connectivity index (χ1v) is 12.7. The monoisotopic (exact) mass is 503 g/mol. The SMILES string of the molecule is Fc1ccc(C2=CCN(Cc3cnc(NCCN4CCOCC4)n4nc(-c5ccco5)nc34)CC2)cc1. The third-order valence-electron chi connectivity index (χ3n) is 6.90. The lowest BCUT2D eigenvalue weighted by atomic mass is 9.99. The number of ether oxygens (including phenoxy) is 1. The van der Waals surface area contributed by atoms with Gasteiger partial charge in [0.25, 0.3) is 0 Å². The Balaban J connectivity index is 1.20. The molecule has 1 aromatic carbocycles. The standard InChI is InChI=1S/C27H30FN7O2/c28-23-5-3-20(4-6-23)21-7-10-34(11-8-21)19-22-18-30-27(29-9-12-33-13-16-36-17-14-33)35-26(22)31-25(32-35)24-2-1-15-37-24/h1-7,15,18H,8-14,16-17,19H2,(H,29,30). The van der Waals surface area contributed by atoms with E-state index in [0.717, 1.165) is 75.7 Å². The van der Waals surface area contributed by atoms with Crippen LogP contribution in [-0.2, 0) is 11.3 Å². The molecule has 0 bridgehead atoms. The smallest absolute Gasteiger partial charge is 0.225 e. The van der Waals surface area contributed by atoms with Gasteiger partial charge < -0.3 is 14.5 Å². The van der Waals surface area contributed by atoms with E-state index in [4.69, 9.17) is 24.2 Å². The number of hydrogen-bond acceptors (Lipinski definition) is 8. The summed E-state index contributed by atoms with van der Waals surface area (Å²) < 4.78 is 26.1. The maximum atomic E-state index is 13.3. The zero-order valence-corrected chi connectivity index (χ0v) is 20.6. The first kappa shape index (κ1) is 23.8. The van der Waals surface area contributed by atoms with Crippen LogP contribution in [0.5, 0.6) is 0 Å². The van der Waals surface area contributed by atoms with Gasteiger partial charge in [0, 0.05) is 57.6 Å². The van der Waals surface area contributed by atoms with Crippen LogP contribution in [0.4, 0.5) is 10.3 Å². The third kappa shape index (κ3) is 5.41. The molecule has 0 spiro atoms. The lowest BCUT2D eigenvalue weighted by molar-refractivity contribution is 0.0398. The molecule has 1 saturated heterocycles. The largest absolute Gasteiger partial charge is 0.461 e. The highest BCUT2D eigenvalue weighted by molar-refractivity contribution is 5.66. The van der Waals surface area contributed by atoms with Crippen molar-refractivity contribution in [2.45, 2.75) is 13.0 Å². The van der Waals surface area contributed by atoms with Crippen molar-refractivity contribution in [1.82, 2.24) is 29.4 Å². The number of furan rings is 1. The average molecular weight is 504 g/mol. The number of morpholine rings is 1. The molecule has 2 aliphatic heterocycles. The minimum Gasteiger partial charge on any atom is -0.461 e. The van der Waals surface area contributed by atoms with E-state index in [1.165, 1.54) is 17.7 Å². The average Bonchev–Trinajstić information content (AvgIpc) is 3.62. The highest BCUT2D eigenvalue weighted by Crippen LogP contribution is 2.25. The molecule has 192 valence electrons. The Labute approximate surface area is 214 Å². The van der Waals surface area contributed by atoms with Crippen LogP contribution in [0, 0.1) is 5.82 Å². The van der Waals surface area contributed by atoms with Crippen molar-refractivity contribution >= 4 is 17.2 Å². The van der Waals surface area contributed by atoms with E-state index in [9.17, 15) is 4.39 Å². The number of rotatable bonds is 8. The number of anilines is 1. The quantitative estimate of drug-likeness (QED) is 0.391. The van der Waals surface area contributed by atoms with Gasteiger partial charge in [-0.15, -0.1) is 5.10 Å². The highest BCUT2D eigenvalue weighted by Gasteiger charge is 2.20. The van der Waals surface area contributed by atoms with E-state index < -0.39 is 0 Å². The normalized spacial score (nSPS) is 17.3. The number of aromatic nitrogens is 4. The first-order chi connectivity index (χ1) is 18.2. The van der Waals surface area contributed by atoms with Gasteiger partial charge in [0.05, 0.1) is 19.5 Å². The van der Waals surface area contributed by atoms with Crippen molar-refractivity contribution in [2.24, 2.45) is 0 Å². The molecule has 3 aromatic heterocycles. The van der Waals surface area contributed by atoms with Gasteiger partial charge in [-0.25, -0.2) is 14.4 Å². The summed E-state index contributed by atoms with van der Waals surface area (Å²) in [6.45, 7) is 7.52. The summed E-state index contributed by atoms with van der Waals surface area (Å²) >= 11 is 0. The van der Waals surface area contributed by atoms with Gasteiger partial charge in [0.1, 0.15) is 5.82 Å². The molecule has 4 aromatic rings. The molecule has 0 saturated carbocycles. The van der Waals surface area contributed by atoms with Crippen LogP contribution >= 0.6 is 0 Å². The van der Waals surface area contributed by atoms with Gasteiger partial charge in [0.15, 0.2) is 11.4 Å². The Hall–Kier alpha value is -3.60. The molecule has 5 heterocycles. The molecule has 37 heavy (non-hydrogen) atoms. The van der Waals surface area contributed by atoms with Crippen molar-refractivity contribution in [2.75, 3.05) is 57.8 Å². The molecule has 2 aliphatic rings. The lowest BCUT2D eigenvalue weighted by Gasteiger charge is -2.27. The zero-order chi connectivity index (χ0) is 25.0. The fraction of sp³-hybridized carbons (Fsp3) is 0.370. The van der Waals surface area contributed by atoms with Gasteiger partial charge in [-0.05, 0) is 41.8 Å². The fourth-order valence-electron chi connectivity index (χ4n) is 4.83. The van der Waals surface area contributed by atoms with Crippen LogP contribution in [-0.4, -0.2) is 81.9 Å². The molecule has 10 heteroatoms. The Morgan fingerprint density at radius 2 is 1.89 bits per heavy atom. The molecule has 0 radical (unpaired) electrons. The Morgan fingerprint density at radius 1 is 1.03 bits per heavy atom. The summed E-state index contributed by atoms with van der Waals surface area (Å²) in [6.07, 6.45) is 6.65. The van der Waals surface area contributed by atoms with Crippen molar-refractivity contribution in [3.8, 4) is 11.6 Å². The van der Waals surface area contributed by atoms with Gasteiger partial charge >= 0.3 is 0 Å². The molecule has 9 nitrogen and oxygen atoms in total. The summed E-state index contributed by atoms with van der Waals surface area (Å²) in [6, 6.07) is 10.4. The fourth-order valence-corrected chi connectivity index (χ4v) is 4.83. The molecule has 0 aliphatic carbocycles. The van der Waals surface area contributed by atoms with Crippen molar-refractivity contribution < 1.29 is 13.5 Å². The highest BCUT2D eigenvalue weighted by atomic mass is 19.1. The number of benzene rings is 1. The summed E-state index contributed by atoms with van der Waals surface area (Å²) in [7, 11) is 0. The van der Waals surface area contributed by atoms with Crippen LogP contribution in [0.2, 0.25) is 0 Å². The van der Waals surface area contributed by atoms with E-state index in [-0.39, 0.29) is 5.82 Å². The van der Waals surface area contributed by atoms with Gasteiger partial charge in [-0.3, -0.25) is 9.80 Å². The number of halogens is 1. The Bertz CT molecular complexity index is 1360. The van der Waals surface area contributed by atoms with Crippen molar-refractivity contribution in [3.05, 3.63) is 71.9 Å². The van der Waals surface area contributed by atoms with E-state index in [0.29, 0.717) is 24.1 Å².